The molecule has 1 fully saturated rings. The molecule has 5 aromatic rings. The van der Waals surface area contributed by atoms with Crippen molar-refractivity contribution in [3.63, 3.8) is 0 Å². The number of primary amides is 1. The second-order valence-corrected chi connectivity index (χ2v) is 17.3. The maximum Gasteiger partial charge on any atom is 0.319 e. The van der Waals surface area contributed by atoms with Crippen LogP contribution in [0.25, 0.3) is 0 Å². The molecule has 1 heterocycles. The monoisotopic (exact) mass is 999 g/mol. The van der Waals surface area contributed by atoms with Crippen LogP contribution in [0.4, 0.5) is 44.2 Å². The summed E-state index contributed by atoms with van der Waals surface area (Å²) in [6.45, 7) is 15.1. The number of nitrogens with one attached hydrogen (secondary N) is 5. The first kappa shape index (κ1) is 55.6. The second-order valence-electron chi connectivity index (χ2n) is 17.3. The van der Waals surface area contributed by atoms with E-state index < -0.39 is 41.2 Å². The van der Waals surface area contributed by atoms with Gasteiger partial charge in [-0.15, -0.1) is 0 Å². The number of rotatable bonds is 20. The van der Waals surface area contributed by atoms with Gasteiger partial charge < -0.3 is 51.4 Å². The van der Waals surface area contributed by atoms with Gasteiger partial charge in [-0.1, -0.05) is 41.0 Å². The van der Waals surface area contributed by atoms with Crippen molar-refractivity contribution in [3.8, 4) is 28.7 Å². The van der Waals surface area contributed by atoms with Crippen molar-refractivity contribution in [1.29, 1.82) is 0 Å². The molecule has 0 bridgehead atoms. The van der Waals surface area contributed by atoms with Gasteiger partial charge in [-0.3, -0.25) is 9.59 Å². The first-order chi connectivity index (χ1) is 34.5. The summed E-state index contributed by atoms with van der Waals surface area (Å²) < 4.78 is 74.9. The predicted molar refractivity (Wildman–Crippen MR) is 271 cm³/mol. The summed E-state index contributed by atoms with van der Waals surface area (Å²) in [5.74, 6) is -3.74. The van der Waals surface area contributed by atoms with Crippen molar-refractivity contribution in [3.05, 3.63) is 131 Å². The van der Waals surface area contributed by atoms with Gasteiger partial charge in [0.1, 0.15) is 23.4 Å². The van der Waals surface area contributed by atoms with Crippen LogP contribution < -0.4 is 46.5 Å². The van der Waals surface area contributed by atoms with E-state index in [0.717, 1.165) is 93.7 Å². The van der Waals surface area contributed by atoms with E-state index in [1.54, 1.807) is 18.2 Å². The van der Waals surface area contributed by atoms with E-state index in [4.69, 9.17) is 19.9 Å². The summed E-state index contributed by atoms with van der Waals surface area (Å²) in [5, 5.41) is 12.9. The maximum atomic E-state index is 14.7. The molecule has 6 rings (SSSR count). The number of ether oxygens (including phenoxy) is 3. The van der Waals surface area contributed by atoms with E-state index in [1.165, 1.54) is 49.2 Å². The first-order valence-corrected chi connectivity index (χ1v) is 24.3. The van der Waals surface area contributed by atoms with E-state index in [1.807, 2.05) is 46.8 Å². The van der Waals surface area contributed by atoms with Crippen LogP contribution in [0.5, 0.6) is 28.7 Å². The van der Waals surface area contributed by atoms with Crippen molar-refractivity contribution < 1.29 is 51.0 Å². The van der Waals surface area contributed by atoms with Crippen molar-refractivity contribution in [2.45, 2.75) is 111 Å². The third-order valence-electron chi connectivity index (χ3n) is 12.0. The van der Waals surface area contributed by atoms with Crippen molar-refractivity contribution in [2.75, 3.05) is 35.6 Å². The smallest absolute Gasteiger partial charge is 0.319 e. The Morgan fingerprint density at radius 1 is 0.611 bits per heavy atom. The highest BCUT2D eigenvalue weighted by Crippen LogP contribution is 2.32. The third kappa shape index (κ3) is 16.6. The van der Waals surface area contributed by atoms with Crippen LogP contribution in [0, 0.1) is 30.2 Å². The molecule has 7 N–H and O–H groups in total. The molecular weight excluding hydrogens is 935 g/mol. The van der Waals surface area contributed by atoms with E-state index >= 15 is 0 Å². The number of likely N-dealkylation sites (tertiary alicyclic amines) is 1. The molecule has 0 radical (unpaired) electrons. The van der Waals surface area contributed by atoms with E-state index in [2.05, 4.69) is 38.4 Å². The standard InChI is InChI=1S/C35H44F2N4O4.C19H21F2N3O3/c1-5-8-17-41-18-15-28(16-19-41)44-32-14-9-24(20-23(32)4)34(42)38-26-10-12-27(13-11-26)45-33-22-29(36)31(21-30(33)37)40-35(43)39-25(6-2)7-3;1-3-12(4-2)23-19(26)24-16-9-15(21)17(10-14(16)20)27-13-7-5-11(6-8-13)18(22)25/h9-14,20-22,25,28H,5-8,15-19H2,1-4H3,(H,38,42)(H2,39,40,43);5-10,12H,3-4H2,1-2H3,(H2,22,25)(H2,23,24,26). The highest BCUT2D eigenvalue weighted by molar-refractivity contribution is 6.04. The van der Waals surface area contributed by atoms with Gasteiger partial charge in [0.2, 0.25) is 5.91 Å². The van der Waals surface area contributed by atoms with Gasteiger partial charge >= 0.3 is 12.1 Å². The summed E-state index contributed by atoms with van der Waals surface area (Å²) in [6, 6.07) is 19.4. The number of carbonyl (C=O) groups excluding carboxylic acids is 4. The molecule has 0 unspecified atom stereocenters. The van der Waals surface area contributed by atoms with Crippen molar-refractivity contribution >= 4 is 40.9 Å². The van der Waals surface area contributed by atoms with Gasteiger partial charge in [0.05, 0.1) is 11.4 Å². The van der Waals surface area contributed by atoms with Gasteiger partial charge in [0, 0.05) is 66.3 Å². The average molecular weight is 1000 g/mol. The quantitative estimate of drug-likeness (QED) is 0.0416. The fourth-order valence-corrected chi connectivity index (χ4v) is 7.56. The summed E-state index contributed by atoms with van der Waals surface area (Å²) in [7, 11) is 0. The topological polar surface area (TPSA) is 185 Å². The molecule has 0 aromatic heterocycles. The molecule has 0 atom stereocenters. The molecule has 386 valence electrons. The Labute approximate surface area is 418 Å². The second kappa shape index (κ2) is 27.3. The summed E-state index contributed by atoms with van der Waals surface area (Å²) in [4.78, 5) is 50.5. The van der Waals surface area contributed by atoms with Gasteiger partial charge in [-0.25, -0.2) is 27.2 Å². The largest absolute Gasteiger partial charge is 0.490 e. The third-order valence-corrected chi connectivity index (χ3v) is 12.0. The zero-order chi connectivity index (χ0) is 52.3. The molecule has 18 heteroatoms. The Hall–Kier alpha value is -7.34. The first-order valence-electron chi connectivity index (χ1n) is 24.3. The summed E-state index contributed by atoms with van der Waals surface area (Å²) in [6.07, 6.45) is 7.47. The number of unbranched alkanes of at least 4 members (excludes halogenated alkanes) is 1. The number of hydrogen-bond donors (Lipinski definition) is 6. The van der Waals surface area contributed by atoms with Crippen molar-refractivity contribution in [2.24, 2.45) is 5.73 Å². The number of piperidine rings is 1. The number of nitrogens with two attached hydrogens (primary N) is 1. The number of urea groups is 2. The molecular formula is C54H65F4N7O7. The SMILES string of the molecule is CCC(CC)NC(=O)Nc1cc(F)c(Oc2ccc(C(N)=O)cc2)cc1F.CCCCN1CCC(Oc2ccc(C(=O)Nc3ccc(Oc4cc(F)c(NC(=O)NC(CC)CC)cc4F)cc3)cc2C)CC1. The lowest BCUT2D eigenvalue weighted by molar-refractivity contribution is 0.0988. The molecule has 72 heavy (non-hydrogen) atoms. The predicted octanol–water partition coefficient (Wildman–Crippen LogP) is 12.4. The van der Waals surface area contributed by atoms with Crippen LogP contribution >= 0.6 is 0 Å². The number of anilines is 3. The lowest BCUT2D eigenvalue weighted by atomic mass is 10.1. The fourth-order valence-electron chi connectivity index (χ4n) is 7.56. The Bertz CT molecular complexity index is 2610. The summed E-state index contributed by atoms with van der Waals surface area (Å²) >= 11 is 0. The van der Waals surface area contributed by atoms with E-state index in [0.29, 0.717) is 11.3 Å². The van der Waals surface area contributed by atoms with Crippen LogP contribution in [0.15, 0.2) is 91.0 Å². The molecule has 6 amide bonds. The van der Waals surface area contributed by atoms with Crippen LogP contribution in [-0.2, 0) is 0 Å². The Morgan fingerprint density at radius 2 is 1.08 bits per heavy atom. The number of amides is 6. The Balaban J connectivity index is 0.000000304. The number of carbonyl (C=O) groups is 4. The number of aryl methyl sites for hydroxylation is 1. The molecule has 0 aliphatic carbocycles. The molecule has 1 saturated heterocycles. The Kier molecular flexibility index (Phi) is 21.1. The zero-order valence-electron chi connectivity index (χ0n) is 41.6. The Morgan fingerprint density at radius 3 is 1.53 bits per heavy atom. The van der Waals surface area contributed by atoms with Crippen molar-refractivity contribution in [1.82, 2.24) is 15.5 Å². The van der Waals surface area contributed by atoms with Crippen LogP contribution in [0.1, 0.15) is 112 Å². The molecule has 5 aromatic carbocycles. The highest BCUT2D eigenvalue weighted by Gasteiger charge is 2.22. The minimum Gasteiger partial charge on any atom is -0.490 e. The molecule has 1 aliphatic rings. The minimum atomic E-state index is -0.854. The molecule has 0 spiro atoms. The normalized spacial score (nSPS) is 12.6. The van der Waals surface area contributed by atoms with Gasteiger partial charge in [-0.2, -0.15) is 0 Å². The highest BCUT2D eigenvalue weighted by atomic mass is 19.1. The minimum absolute atomic E-state index is 0.0520. The molecule has 14 nitrogen and oxygen atoms in total. The lowest BCUT2D eigenvalue weighted by Gasteiger charge is -2.32. The number of benzene rings is 5. The number of halogens is 4. The zero-order valence-corrected chi connectivity index (χ0v) is 41.6. The molecule has 1 aliphatic heterocycles. The van der Waals surface area contributed by atoms with Gasteiger partial charge in [0.25, 0.3) is 5.91 Å². The maximum absolute atomic E-state index is 14.7. The van der Waals surface area contributed by atoms with E-state index in [9.17, 15) is 36.7 Å². The molecule has 0 saturated carbocycles. The fraction of sp³-hybridized carbons (Fsp3) is 0.370. The van der Waals surface area contributed by atoms with Gasteiger partial charge in [-0.05, 0) is 131 Å². The van der Waals surface area contributed by atoms with Crippen LogP contribution in [-0.4, -0.2) is 66.6 Å². The summed E-state index contributed by atoms with van der Waals surface area (Å²) in [5.41, 5.74) is 6.70. The lowest BCUT2D eigenvalue weighted by Crippen LogP contribution is -2.38. The van der Waals surface area contributed by atoms with Crippen LogP contribution in [0.3, 0.4) is 0 Å². The average Bonchev–Trinajstić information content (AvgIpc) is 3.36. The van der Waals surface area contributed by atoms with Gasteiger partial charge in [0.15, 0.2) is 34.8 Å². The van der Waals surface area contributed by atoms with Crippen LogP contribution in [0.2, 0.25) is 0 Å². The number of nitrogens with zero attached hydrogens (tertiary/aromatic N) is 1. The van der Waals surface area contributed by atoms with E-state index in [-0.39, 0.29) is 64.0 Å². The number of hydrogen-bond acceptors (Lipinski definition) is 8.